The maximum atomic E-state index is 8.26. The summed E-state index contributed by atoms with van der Waals surface area (Å²) in [6.07, 6.45) is 29.2. The van der Waals surface area contributed by atoms with E-state index >= 15 is 0 Å². The van der Waals surface area contributed by atoms with Gasteiger partial charge in [0.05, 0.1) is 12.4 Å². The minimum atomic E-state index is -0.0164. The van der Waals surface area contributed by atoms with E-state index in [0.29, 0.717) is 0 Å². The summed E-state index contributed by atoms with van der Waals surface area (Å²) in [6.45, 7) is 4.00. The molecule has 0 saturated carbocycles. The van der Waals surface area contributed by atoms with E-state index in [1.807, 2.05) is 109 Å². The van der Waals surface area contributed by atoms with Crippen molar-refractivity contribution in [3.05, 3.63) is 194 Å². The SMILES string of the molecule is C1CCOC1.C1CCOC1.N#C[N-]c1nnnn1-c1nnn[n-]1.N#C[N-]c1nnnn1-c1nnn[n-]1.[Ni+2].[Ni+2].c1ccncc1.c1ccncc1.c1ccncc1.c1ccncc1.c1ccncc1.c1ccncc1. The Labute approximate surface area is 445 Å². The molecule has 0 spiro atoms. The first-order valence-electron chi connectivity index (χ1n) is 21.2. The summed E-state index contributed by atoms with van der Waals surface area (Å²) in [6, 6.07) is 34.3. The molecular weight excluding hydrogens is 1040 g/mol. The molecule has 2 aliphatic heterocycles. The van der Waals surface area contributed by atoms with Crippen LogP contribution in [0.2, 0.25) is 0 Å². The minimum Gasteiger partial charge on any atom is -0.381 e. The van der Waals surface area contributed by atoms with Crippen LogP contribution in [-0.2, 0) is 42.5 Å². The Kier molecular flexibility index (Phi) is 40.1. The Morgan fingerprint density at radius 2 is 0.635 bits per heavy atom. The van der Waals surface area contributed by atoms with Crippen LogP contribution in [-0.4, -0.2) is 128 Å². The number of nitrogens with zero attached hydrogens (tertiary/aromatic N) is 26. The molecule has 2 aliphatic rings. The molecule has 0 aliphatic carbocycles. The smallest absolute Gasteiger partial charge is 0.381 e. The van der Waals surface area contributed by atoms with E-state index in [1.165, 1.54) is 38.1 Å². The van der Waals surface area contributed by atoms with Gasteiger partial charge < -0.3 is 20.0 Å². The molecule has 2 saturated heterocycles. The van der Waals surface area contributed by atoms with Crippen molar-refractivity contribution in [2.75, 3.05) is 26.4 Å². The molecule has 0 aromatic carbocycles. The average molecular weight is 1090 g/mol. The fourth-order valence-electron chi connectivity index (χ4n) is 4.20. The Morgan fingerprint density at radius 1 is 0.378 bits per heavy atom. The summed E-state index contributed by atoms with van der Waals surface area (Å²) in [5, 5.41) is 70.4. The molecule has 384 valence electrons. The number of aromatic nitrogens is 22. The first kappa shape index (κ1) is 62.7. The monoisotopic (exact) mass is 1090 g/mol. The summed E-state index contributed by atoms with van der Waals surface area (Å²) in [4.78, 5) is 22.7. The largest absolute Gasteiger partial charge is 2.00 e. The molecule has 2 fully saturated rings. The Morgan fingerprint density at radius 3 is 0.784 bits per heavy atom. The van der Waals surface area contributed by atoms with Crippen molar-refractivity contribution in [3.63, 3.8) is 0 Å². The van der Waals surface area contributed by atoms with E-state index in [4.69, 9.17) is 20.0 Å². The van der Waals surface area contributed by atoms with Gasteiger partial charge in [-0.3, -0.25) is 50.7 Å². The van der Waals surface area contributed by atoms with Crippen LogP contribution in [0.4, 0.5) is 11.9 Å². The molecular formula is C44H46N26Ni2O2. The molecule has 74 heavy (non-hydrogen) atoms. The van der Waals surface area contributed by atoms with Crippen LogP contribution >= 0.6 is 0 Å². The van der Waals surface area contributed by atoms with Gasteiger partial charge in [-0.15, -0.1) is 10.4 Å². The molecule has 30 heteroatoms. The van der Waals surface area contributed by atoms with Gasteiger partial charge in [0.1, 0.15) is 23.8 Å². The Balaban J connectivity index is 0.000000419. The number of rotatable bonds is 4. The third-order valence-electron chi connectivity index (χ3n) is 7.26. The van der Waals surface area contributed by atoms with Gasteiger partial charge in [-0.25, -0.2) is 29.8 Å². The molecule has 0 atom stereocenters. The van der Waals surface area contributed by atoms with Gasteiger partial charge in [0.2, 0.25) is 0 Å². The van der Waals surface area contributed by atoms with E-state index in [-0.39, 0.29) is 56.8 Å². The summed E-state index contributed by atoms with van der Waals surface area (Å²) in [5.74, 6) is 0.104. The zero-order valence-electron chi connectivity index (χ0n) is 39.1. The van der Waals surface area contributed by atoms with Gasteiger partial charge in [0, 0.05) is 101 Å². The van der Waals surface area contributed by atoms with Gasteiger partial charge in [-0.05, 0) is 98.5 Å². The standard InChI is InChI=1S/6C5H5N.2C4H8O.2C3N10.2Ni/c6*1-2-4-6-5-3-1;2*1-2-4-5-3-1;2*4-1-5-2-6-11-12-13(2)3-7-9-10-8-3;;/h6*1-5H;2*1-4H2;;;;/q;;;;;;;;2*-2;2*+2. The number of pyridine rings is 6. The van der Waals surface area contributed by atoms with Crippen LogP contribution in [0.25, 0.3) is 22.5 Å². The van der Waals surface area contributed by atoms with Crippen LogP contribution in [0.1, 0.15) is 25.7 Å². The normalized spacial score (nSPS) is 10.5. The molecule has 10 aromatic heterocycles. The van der Waals surface area contributed by atoms with E-state index < -0.39 is 0 Å². The average Bonchev–Trinajstić information content (AvgIpc) is 4.34. The third kappa shape index (κ3) is 33.2. The number of ether oxygens (including phenoxy) is 2. The van der Waals surface area contributed by atoms with Crippen molar-refractivity contribution in [2.45, 2.75) is 25.7 Å². The van der Waals surface area contributed by atoms with Crippen molar-refractivity contribution in [1.82, 2.24) is 112 Å². The Bertz CT molecular complexity index is 2170. The van der Waals surface area contributed by atoms with Gasteiger partial charge >= 0.3 is 33.0 Å². The predicted octanol–water partition coefficient (Wildman–Crippen LogP) is 4.66. The second-order valence-electron chi connectivity index (χ2n) is 12.3. The maximum absolute atomic E-state index is 8.26. The van der Waals surface area contributed by atoms with E-state index in [9.17, 15) is 0 Å². The number of nitriles is 2. The predicted molar refractivity (Wildman–Crippen MR) is 255 cm³/mol. The van der Waals surface area contributed by atoms with Gasteiger partial charge in [0.25, 0.3) is 0 Å². The number of tetrazole rings is 4. The molecule has 0 N–H and O–H groups in total. The van der Waals surface area contributed by atoms with Crippen molar-refractivity contribution < 1.29 is 42.5 Å². The number of hydrogen-bond acceptors (Lipinski definition) is 22. The first-order chi connectivity index (χ1) is 35.8. The van der Waals surface area contributed by atoms with Crippen LogP contribution in [0.15, 0.2) is 184 Å². The molecule has 10 aromatic rings. The van der Waals surface area contributed by atoms with Crippen LogP contribution in [0.5, 0.6) is 0 Å². The van der Waals surface area contributed by atoms with Gasteiger partial charge in [0.15, 0.2) is 0 Å². The third-order valence-corrected chi connectivity index (χ3v) is 7.26. The topological polar surface area (TPSA) is 364 Å². The molecule has 0 amide bonds. The van der Waals surface area contributed by atoms with Crippen molar-refractivity contribution in [2.24, 2.45) is 0 Å². The van der Waals surface area contributed by atoms with E-state index in [1.54, 1.807) is 74.4 Å². The summed E-state index contributed by atoms with van der Waals surface area (Å²) in [7, 11) is 0. The molecule has 0 bridgehead atoms. The fraction of sp³-hybridized carbons (Fsp3) is 0.182. The van der Waals surface area contributed by atoms with Crippen LogP contribution < -0.4 is 10.2 Å². The van der Waals surface area contributed by atoms with Crippen molar-refractivity contribution >= 4 is 11.9 Å². The van der Waals surface area contributed by atoms with Crippen molar-refractivity contribution in [3.8, 4) is 24.3 Å². The second kappa shape index (κ2) is 47.3. The fourth-order valence-corrected chi connectivity index (χ4v) is 4.20. The number of hydrogen-bond donors (Lipinski definition) is 0. The molecule has 0 unspecified atom stereocenters. The maximum Gasteiger partial charge on any atom is 2.00 e. The van der Waals surface area contributed by atoms with E-state index in [2.05, 4.69) is 113 Å². The summed E-state index contributed by atoms with van der Waals surface area (Å²) in [5.41, 5.74) is 0. The summed E-state index contributed by atoms with van der Waals surface area (Å²) >= 11 is 0. The zero-order valence-corrected chi connectivity index (χ0v) is 41.0. The molecule has 0 radical (unpaired) electrons. The van der Waals surface area contributed by atoms with Crippen LogP contribution in [0, 0.1) is 22.9 Å². The first-order valence-corrected chi connectivity index (χ1v) is 21.2. The zero-order chi connectivity index (χ0) is 50.7. The van der Waals surface area contributed by atoms with Gasteiger partial charge in [-0.1, -0.05) is 57.3 Å². The van der Waals surface area contributed by atoms with Gasteiger partial charge in [-0.2, -0.15) is 10.4 Å². The molecule has 12 rings (SSSR count). The van der Waals surface area contributed by atoms with Crippen LogP contribution in [0.3, 0.4) is 0 Å². The molecule has 28 nitrogen and oxygen atoms in total. The van der Waals surface area contributed by atoms with E-state index in [0.717, 1.165) is 35.8 Å². The minimum absolute atomic E-state index is 0. The second-order valence-corrected chi connectivity index (χ2v) is 12.3. The van der Waals surface area contributed by atoms with Crippen molar-refractivity contribution in [1.29, 1.82) is 10.5 Å². The Hall–Kier alpha value is -9.33. The quantitative estimate of drug-likeness (QED) is 0.171. The molecule has 12 heterocycles. The summed E-state index contributed by atoms with van der Waals surface area (Å²) < 4.78 is 12.0.